The molecule has 10 rings (SSSR count). The number of carbonyl (C=O) groups excluding carboxylic acids is 4. The third-order valence-corrected chi connectivity index (χ3v) is 14.0. The van der Waals surface area contributed by atoms with Gasteiger partial charge in [-0.2, -0.15) is 0 Å². The van der Waals surface area contributed by atoms with Gasteiger partial charge in [-0.25, -0.2) is 0 Å². The van der Waals surface area contributed by atoms with Gasteiger partial charge in [0.2, 0.25) is 23.6 Å². The highest BCUT2D eigenvalue weighted by Gasteiger charge is 2.63. The Kier molecular flexibility index (Phi) is 7.12. The average Bonchev–Trinajstić information content (AvgIpc) is 3.23. The van der Waals surface area contributed by atoms with E-state index in [1.54, 1.807) is 0 Å². The fraction of sp³-hybridized carbons (Fsp3) is 0.886. The first-order valence-electron chi connectivity index (χ1n) is 17.9. The summed E-state index contributed by atoms with van der Waals surface area (Å²) in [6.45, 7) is 0.518. The lowest BCUT2D eigenvalue weighted by atomic mass is 9.48. The van der Waals surface area contributed by atoms with Gasteiger partial charge in [0, 0.05) is 24.3 Å². The molecule has 8 bridgehead atoms. The second kappa shape index (κ2) is 10.6. The predicted octanol–water partition coefficient (Wildman–Crippen LogP) is 5.13. The minimum absolute atomic E-state index is 0.00799. The average molecular weight is 627 g/mol. The van der Waals surface area contributed by atoms with Crippen molar-refractivity contribution in [1.82, 2.24) is 20.9 Å². The van der Waals surface area contributed by atoms with Crippen LogP contribution in [0.5, 0.6) is 0 Å². The predicted molar refractivity (Wildman–Crippen MR) is 166 cm³/mol. The second-order valence-electron chi connectivity index (χ2n) is 17.2. The molecule has 10 fully saturated rings. The van der Waals surface area contributed by atoms with Crippen LogP contribution in [0.15, 0.2) is 0 Å². The van der Waals surface area contributed by atoms with Crippen LogP contribution in [-0.4, -0.2) is 51.8 Å². The van der Waals surface area contributed by atoms with E-state index in [0.717, 1.165) is 82.0 Å². The van der Waals surface area contributed by atoms with Crippen molar-refractivity contribution in [1.29, 1.82) is 0 Å². The van der Waals surface area contributed by atoms with E-state index in [1.807, 2.05) is 4.90 Å². The van der Waals surface area contributed by atoms with Crippen molar-refractivity contribution in [3.05, 3.63) is 0 Å². The summed E-state index contributed by atoms with van der Waals surface area (Å²) < 4.78 is 0. The first-order valence-corrected chi connectivity index (χ1v) is 18.3. The molecule has 242 valence electrons. The van der Waals surface area contributed by atoms with E-state index in [2.05, 4.69) is 16.0 Å². The van der Waals surface area contributed by atoms with E-state index in [0.29, 0.717) is 56.9 Å². The summed E-state index contributed by atoms with van der Waals surface area (Å²) in [6.07, 6.45) is 16.4. The summed E-state index contributed by atoms with van der Waals surface area (Å²) >= 11 is 7.26. The van der Waals surface area contributed by atoms with E-state index in [9.17, 15) is 14.4 Å². The number of nitrogens with zero attached hydrogens (tertiary/aromatic N) is 1. The van der Waals surface area contributed by atoms with Crippen LogP contribution in [0.2, 0.25) is 0 Å². The highest BCUT2D eigenvalue weighted by Crippen LogP contribution is 2.65. The Morgan fingerprint density at radius 3 is 2.16 bits per heavy atom. The van der Waals surface area contributed by atoms with Gasteiger partial charge in [0.25, 0.3) is 0 Å². The van der Waals surface area contributed by atoms with Crippen LogP contribution in [-0.2, 0) is 19.2 Å². The summed E-state index contributed by atoms with van der Waals surface area (Å²) in [4.78, 5) is 57.8. The third kappa shape index (κ3) is 5.17. The Morgan fingerprint density at radius 1 is 0.841 bits per heavy atom. The summed E-state index contributed by atoms with van der Waals surface area (Å²) in [5, 5.41) is 9.68. The number of rotatable bonds is 6. The maximum Gasteiger partial charge on any atom is 0.232 e. The fourth-order valence-electron chi connectivity index (χ4n) is 13.0. The minimum Gasteiger partial charge on any atom is -0.356 e. The van der Waals surface area contributed by atoms with Gasteiger partial charge in [-0.05, 0) is 144 Å². The molecule has 0 aromatic rings. The highest BCUT2D eigenvalue weighted by atomic mass is 35.5. The SMILES string of the molecule is O=C1C[C@@](NC(=O)CC23CC4CC(CC(C4)C2)C3)(N(C(=O)C23CC4CC(CC(Cl)(C4)C2)C3)[C@H]2CCCCC(=O)N2)CCCN1. The lowest BCUT2D eigenvalue weighted by molar-refractivity contribution is -0.172. The van der Waals surface area contributed by atoms with Crippen LogP contribution < -0.4 is 16.0 Å². The van der Waals surface area contributed by atoms with Crippen molar-refractivity contribution in [2.24, 2.45) is 40.4 Å². The van der Waals surface area contributed by atoms with Crippen LogP contribution in [0.1, 0.15) is 128 Å². The normalized spacial score (nSPS) is 47.4. The maximum atomic E-state index is 15.4. The molecular formula is C35H51ClN4O4. The molecule has 2 saturated heterocycles. The largest absolute Gasteiger partial charge is 0.356 e. The molecule has 2 heterocycles. The molecule has 44 heavy (non-hydrogen) atoms. The zero-order chi connectivity index (χ0) is 30.3. The van der Waals surface area contributed by atoms with Gasteiger partial charge >= 0.3 is 0 Å². The molecule has 10 aliphatic rings. The number of alkyl halides is 1. The molecule has 8 nitrogen and oxygen atoms in total. The summed E-state index contributed by atoms with van der Waals surface area (Å²) in [5.74, 6) is 2.86. The molecule has 0 aromatic heterocycles. The summed E-state index contributed by atoms with van der Waals surface area (Å²) in [6, 6.07) is 0. The number of carbonyl (C=O) groups is 4. The fourth-order valence-corrected chi connectivity index (χ4v) is 13.7. The van der Waals surface area contributed by atoms with Gasteiger partial charge in [-0.1, -0.05) is 0 Å². The highest BCUT2D eigenvalue weighted by molar-refractivity contribution is 6.24. The smallest absolute Gasteiger partial charge is 0.232 e. The summed E-state index contributed by atoms with van der Waals surface area (Å²) in [5.41, 5.74) is -1.74. The molecule has 4 atom stereocenters. The quantitative estimate of drug-likeness (QED) is 0.281. The molecule has 9 heteroatoms. The lowest BCUT2D eigenvalue weighted by Gasteiger charge is -2.61. The van der Waals surface area contributed by atoms with Gasteiger partial charge in [0.05, 0.1) is 11.8 Å². The Bertz CT molecular complexity index is 1190. The van der Waals surface area contributed by atoms with Gasteiger partial charge < -0.3 is 16.0 Å². The molecule has 8 saturated carbocycles. The van der Waals surface area contributed by atoms with Crippen molar-refractivity contribution in [2.75, 3.05) is 6.54 Å². The van der Waals surface area contributed by atoms with Gasteiger partial charge in [0.15, 0.2) is 0 Å². The zero-order valence-electron chi connectivity index (χ0n) is 26.3. The first kappa shape index (κ1) is 29.6. The Balaban J connectivity index is 1.16. The first-order chi connectivity index (χ1) is 21.0. The number of nitrogens with one attached hydrogen (secondary N) is 3. The van der Waals surface area contributed by atoms with Crippen molar-refractivity contribution in [3.8, 4) is 0 Å². The van der Waals surface area contributed by atoms with Crippen molar-refractivity contribution in [2.45, 2.75) is 145 Å². The molecule has 3 N–H and O–H groups in total. The second-order valence-corrected chi connectivity index (χ2v) is 18.0. The number of amides is 4. The minimum atomic E-state index is -1.18. The van der Waals surface area contributed by atoms with Crippen LogP contribution in [0.4, 0.5) is 0 Å². The molecule has 0 aromatic carbocycles. The third-order valence-electron chi connectivity index (χ3n) is 13.5. The monoisotopic (exact) mass is 626 g/mol. The van der Waals surface area contributed by atoms with E-state index >= 15 is 4.79 Å². The van der Waals surface area contributed by atoms with Gasteiger partial charge in [0.1, 0.15) is 11.8 Å². The molecule has 0 radical (unpaired) electrons. The molecule has 2 aliphatic heterocycles. The molecule has 8 aliphatic carbocycles. The molecule has 2 unspecified atom stereocenters. The van der Waals surface area contributed by atoms with E-state index in [4.69, 9.17) is 11.6 Å². The number of hydrogen-bond acceptors (Lipinski definition) is 4. The maximum absolute atomic E-state index is 15.4. The van der Waals surface area contributed by atoms with E-state index in [1.165, 1.54) is 19.3 Å². The molecular weight excluding hydrogens is 576 g/mol. The van der Waals surface area contributed by atoms with Crippen LogP contribution in [0.25, 0.3) is 0 Å². The van der Waals surface area contributed by atoms with Gasteiger partial charge in [-0.15, -0.1) is 11.6 Å². The number of halogens is 1. The van der Waals surface area contributed by atoms with Crippen LogP contribution in [0.3, 0.4) is 0 Å². The Morgan fingerprint density at radius 2 is 1.50 bits per heavy atom. The van der Waals surface area contributed by atoms with Crippen molar-refractivity contribution >= 4 is 35.2 Å². The van der Waals surface area contributed by atoms with E-state index in [-0.39, 0.29) is 40.3 Å². The van der Waals surface area contributed by atoms with Crippen LogP contribution >= 0.6 is 11.6 Å². The standard InChI is InChI=1S/C35H51ClN4O4/c36-34-17-25-11-26(18-34)16-33(15-25,21-34)31(44)40(27-4-1-2-5-28(41)38-27)35(6-3-7-37-29(42)20-35)39-30(43)19-32-12-22-8-23(13-32)10-24(9-22)14-32/h22-27H,1-21H2,(H,37,42)(H,38,41)(H,39,43)/t22?,23?,24?,25?,26?,27-,32?,33?,34?,35-/m0/s1. The molecule has 4 amide bonds. The van der Waals surface area contributed by atoms with Crippen LogP contribution in [0, 0.1) is 40.4 Å². The lowest BCUT2D eigenvalue weighted by Crippen LogP contribution is -2.72. The van der Waals surface area contributed by atoms with Crippen molar-refractivity contribution in [3.63, 3.8) is 0 Å². The zero-order valence-corrected chi connectivity index (χ0v) is 27.0. The Hall–Kier alpha value is -1.83. The molecule has 0 spiro atoms. The van der Waals surface area contributed by atoms with Crippen molar-refractivity contribution < 1.29 is 19.2 Å². The topological polar surface area (TPSA) is 108 Å². The summed E-state index contributed by atoms with van der Waals surface area (Å²) in [7, 11) is 0. The Labute approximate surface area is 266 Å². The number of hydrogen-bond donors (Lipinski definition) is 3. The van der Waals surface area contributed by atoms with E-state index < -0.39 is 17.2 Å². The van der Waals surface area contributed by atoms with Gasteiger partial charge in [-0.3, -0.25) is 24.1 Å².